The van der Waals surface area contributed by atoms with Gasteiger partial charge in [0.2, 0.25) is 5.71 Å². The van der Waals surface area contributed by atoms with Gasteiger partial charge in [0.15, 0.2) is 0 Å². The van der Waals surface area contributed by atoms with Gasteiger partial charge in [-0.2, -0.15) is 0 Å². The predicted octanol–water partition coefficient (Wildman–Crippen LogP) is 3.38. The molecule has 2 heteroatoms. The van der Waals surface area contributed by atoms with E-state index in [0.29, 0.717) is 11.7 Å². The van der Waals surface area contributed by atoms with E-state index in [1.54, 1.807) is 6.07 Å². The van der Waals surface area contributed by atoms with Crippen LogP contribution in [-0.2, 0) is 0 Å². The Hall–Kier alpha value is -2.09. The number of hydrogen-bond donors (Lipinski definition) is 1. The van der Waals surface area contributed by atoms with Gasteiger partial charge >= 0.3 is 0 Å². The van der Waals surface area contributed by atoms with E-state index < -0.39 is 0 Å². The van der Waals surface area contributed by atoms with Gasteiger partial charge in [-0.3, -0.25) is 0 Å². The summed E-state index contributed by atoms with van der Waals surface area (Å²) in [6, 6.07) is 16.2. The molecule has 0 bridgehead atoms. The maximum absolute atomic E-state index is 9.78. The minimum absolute atomic E-state index is 0.363. The number of phenols is 1. The van der Waals surface area contributed by atoms with Crippen LogP contribution in [0.3, 0.4) is 0 Å². The molecule has 0 amide bonds. The second-order valence-electron chi connectivity index (χ2n) is 5.65. The minimum Gasteiger partial charge on any atom is -0.508 e. The molecule has 2 aromatic carbocycles. The quantitative estimate of drug-likeness (QED) is 0.668. The summed E-state index contributed by atoms with van der Waals surface area (Å²) in [5, 5.41) is 9.78. The Morgan fingerprint density at radius 3 is 2.35 bits per heavy atom. The van der Waals surface area contributed by atoms with Crippen molar-refractivity contribution in [3.05, 3.63) is 65.2 Å². The number of aromatic hydroxyl groups is 1. The lowest BCUT2D eigenvalue weighted by atomic mass is 9.94. The van der Waals surface area contributed by atoms with Crippen molar-refractivity contribution in [3.63, 3.8) is 0 Å². The summed E-state index contributed by atoms with van der Waals surface area (Å²) in [7, 11) is 4.15. The highest BCUT2D eigenvalue weighted by atomic mass is 16.3. The second kappa shape index (κ2) is 5.12. The van der Waals surface area contributed by atoms with Crippen LogP contribution in [-0.4, -0.2) is 29.5 Å². The third-order valence-electron chi connectivity index (χ3n) is 3.80. The lowest BCUT2D eigenvalue weighted by molar-refractivity contribution is -0.463. The standard InChI is InChI=1S/C18H19NO/c1-19(2)18(14-6-4-3-5-7-14)16-11-10-15(20)12-17(16)13-8-9-13/h3-7,10-13H,8-9H2,1-2H3/p+1. The zero-order valence-corrected chi connectivity index (χ0v) is 12.0. The highest BCUT2D eigenvalue weighted by Gasteiger charge is 2.30. The second-order valence-corrected chi connectivity index (χ2v) is 5.65. The summed E-state index contributed by atoms with van der Waals surface area (Å²) in [6.45, 7) is 0. The van der Waals surface area contributed by atoms with Gasteiger partial charge in [0.1, 0.15) is 19.8 Å². The first-order valence-electron chi connectivity index (χ1n) is 7.10. The largest absolute Gasteiger partial charge is 0.508 e. The van der Waals surface area contributed by atoms with Crippen LogP contribution < -0.4 is 0 Å². The van der Waals surface area contributed by atoms with Crippen LogP contribution in [0.15, 0.2) is 48.5 Å². The van der Waals surface area contributed by atoms with E-state index in [1.165, 1.54) is 35.2 Å². The lowest BCUT2D eigenvalue weighted by Gasteiger charge is -2.11. The number of nitrogens with zero attached hydrogens (tertiary/aromatic N) is 1. The van der Waals surface area contributed by atoms with Gasteiger partial charge in [0.05, 0.1) is 5.56 Å². The summed E-state index contributed by atoms with van der Waals surface area (Å²) in [6.07, 6.45) is 2.46. The minimum atomic E-state index is 0.363. The third kappa shape index (κ3) is 2.46. The molecule has 0 unspecified atom stereocenters. The Bertz CT molecular complexity index is 650. The van der Waals surface area contributed by atoms with Crippen LogP contribution in [0.1, 0.15) is 35.4 Å². The number of hydrogen-bond acceptors (Lipinski definition) is 1. The Kier molecular flexibility index (Phi) is 3.31. The fourth-order valence-electron chi connectivity index (χ4n) is 2.75. The zero-order chi connectivity index (χ0) is 14.1. The van der Waals surface area contributed by atoms with Gasteiger partial charge in [-0.05, 0) is 54.7 Å². The van der Waals surface area contributed by atoms with Crippen molar-refractivity contribution in [2.75, 3.05) is 14.1 Å². The maximum atomic E-state index is 9.78. The first kappa shape index (κ1) is 12.9. The maximum Gasteiger partial charge on any atom is 0.214 e. The van der Waals surface area contributed by atoms with Crippen molar-refractivity contribution >= 4 is 5.71 Å². The molecule has 1 N–H and O–H groups in total. The lowest BCUT2D eigenvalue weighted by Crippen LogP contribution is -2.18. The monoisotopic (exact) mass is 266 g/mol. The number of phenolic OH excluding ortho intramolecular Hbond substituents is 1. The number of rotatable bonds is 3. The Morgan fingerprint density at radius 2 is 1.75 bits per heavy atom. The summed E-state index contributed by atoms with van der Waals surface area (Å²) in [4.78, 5) is 0. The molecule has 1 aliphatic carbocycles. The van der Waals surface area contributed by atoms with Crippen molar-refractivity contribution in [2.24, 2.45) is 0 Å². The Labute approximate surface area is 120 Å². The molecule has 0 aromatic heterocycles. The summed E-state index contributed by atoms with van der Waals surface area (Å²) >= 11 is 0. The molecule has 0 atom stereocenters. The Morgan fingerprint density at radius 1 is 1.05 bits per heavy atom. The molecule has 2 aromatic rings. The molecule has 2 nitrogen and oxygen atoms in total. The zero-order valence-electron chi connectivity index (χ0n) is 12.0. The molecule has 1 fully saturated rings. The van der Waals surface area contributed by atoms with Gasteiger partial charge < -0.3 is 5.11 Å². The van der Waals surface area contributed by atoms with Crippen molar-refractivity contribution in [1.29, 1.82) is 0 Å². The van der Waals surface area contributed by atoms with E-state index in [1.807, 2.05) is 18.2 Å². The van der Waals surface area contributed by atoms with Crippen molar-refractivity contribution < 1.29 is 9.68 Å². The summed E-state index contributed by atoms with van der Waals surface area (Å²) < 4.78 is 2.16. The average molecular weight is 266 g/mol. The first-order valence-corrected chi connectivity index (χ1v) is 7.10. The average Bonchev–Trinajstić information content (AvgIpc) is 3.26. The van der Waals surface area contributed by atoms with Gasteiger partial charge in [-0.15, -0.1) is 0 Å². The van der Waals surface area contributed by atoms with Crippen LogP contribution in [0.25, 0.3) is 0 Å². The summed E-state index contributed by atoms with van der Waals surface area (Å²) in [5.41, 5.74) is 4.94. The van der Waals surface area contributed by atoms with E-state index in [2.05, 4.69) is 42.9 Å². The van der Waals surface area contributed by atoms with E-state index in [-0.39, 0.29) is 0 Å². The smallest absolute Gasteiger partial charge is 0.214 e. The molecule has 102 valence electrons. The summed E-state index contributed by atoms with van der Waals surface area (Å²) in [5.74, 6) is 0.970. The molecule has 0 heterocycles. The Balaban J connectivity index is 2.17. The van der Waals surface area contributed by atoms with Crippen LogP contribution in [0.4, 0.5) is 0 Å². The SMILES string of the molecule is C[N+](C)=C(c1ccccc1)c1ccc(O)cc1C1CC1. The van der Waals surface area contributed by atoms with E-state index in [9.17, 15) is 5.11 Å². The highest BCUT2D eigenvalue weighted by Crippen LogP contribution is 2.43. The van der Waals surface area contributed by atoms with E-state index in [4.69, 9.17) is 0 Å². The molecule has 0 spiro atoms. The highest BCUT2D eigenvalue weighted by molar-refractivity contribution is 6.10. The molecule has 3 rings (SSSR count). The molecular formula is C18H20NO+. The van der Waals surface area contributed by atoms with Gasteiger partial charge in [-0.25, -0.2) is 4.58 Å². The van der Waals surface area contributed by atoms with Crippen LogP contribution in [0.5, 0.6) is 5.75 Å². The van der Waals surface area contributed by atoms with E-state index >= 15 is 0 Å². The molecule has 1 saturated carbocycles. The van der Waals surface area contributed by atoms with Gasteiger partial charge in [0.25, 0.3) is 0 Å². The molecule has 20 heavy (non-hydrogen) atoms. The molecule has 0 saturated heterocycles. The molecular weight excluding hydrogens is 246 g/mol. The van der Waals surface area contributed by atoms with Crippen molar-refractivity contribution in [2.45, 2.75) is 18.8 Å². The molecule has 1 aliphatic rings. The third-order valence-corrected chi connectivity index (χ3v) is 3.80. The fraction of sp³-hybridized carbons (Fsp3) is 0.278. The normalized spacial score (nSPS) is 14.1. The van der Waals surface area contributed by atoms with Crippen LogP contribution in [0, 0.1) is 0 Å². The molecule has 0 radical (unpaired) electrons. The van der Waals surface area contributed by atoms with Gasteiger partial charge in [-0.1, -0.05) is 18.2 Å². The van der Waals surface area contributed by atoms with Crippen molar-refractivity contribution in [1.82, 2.24) is 0 Å². The fourth-order valence-corrected chi connectivity index (χ4v) is 2.75. The topological polar surface area (TPSA) is 23.2 Å². The van der Waals surface area contributed by atoms with Crippen molar-refractivity contribution in [3.8, 4) is 5.75 Å². The first-order chi connectivity index (χ1) is 9.66. The van der Waals surface area contributed by atoms with Crippen LogP contribution in [0.2, 0.25) is 0 Å². The van der Waals surface area contributed by atoms with Crippen LogP contribution >= 0.6 is 0 Å². The number of benzene rings is 2. The van der Waals surface area contributed by atoms with Gasteiger partial charge in [0, 0.05) is 5.56 Å². The van der Waals surface area contributed by atoms with E-state index in [0.717, 1.165) is 0 Å². The molecule has 0 aliphatic heterocycles. The predicted molar refractivity (Wildman–Crippen MR) is 81.8 cm³/mol.